The molecule has 2 heterocycles. The van der Waals surface area contributed by atoms with Crippen LogP contribution in [0, 0.1) is 0 Å². The molecule has 1 aliphatic rings. The average Bonchev–Trinajstić information content (AvgIpc) is 2.73. The van der Waals surface area contributed by atoms with Gasteiger partial charge in [0.2, 0.25) is 0 Å². The lowest BCUT2D eigenvalue weighted by molar-refractivity contribution is 0.0996. The van der Waals surface area contributed by atoms with Crippen LogP contribution in [-0.2, 0) is 6.42 Å². The van der Waals surface area contributed by atoms with Crippen molar-refractivity contribution < 1.29 is 4.79 Å². The van der Waals surface area contributed by atoms with Crippen LogP contribution in [0.15, 0.2) is 24.3 Å². The molecule has 0 radical (unpaired) electrons. The number of aryl methyl sites for hydroxylation is 1. The predicted octanol–water partition coefficient (Wildman–Crippen LogP) is 2.22. The molecule has 3 rings (SSSR count). The third kappa shape index (κ3) is 5.59. The molecule has 2 aromatic rings. The first-order chi connectivity index (χ1) is 14.4. The number of rotatable bonds is 8. The summed E-state index contributed by atoms with van der Waals surface area (Å²) in [7, 11) is 4.25. The van der Waals surface area contributed by atoms with Gasteiger partial charge in [-0.2, -0.15) is 0 Å². The van der Waals surface area contributed by atoms with Crippen molar-refractivity contribution in [2.75, 3.05) is 63.6 Å². The number of nitrogens with one attached hydrogen (secondary N) is 1. The Balaban J connectivity index is 1.69. The van der Waals surface area contributed by atoms with Crippen LogP contribution < -0.4 is 16.0 Å². The quantitative estimate of drug-likeness (QED) is 0.662. The second kappa shape index (κ2) is 10.1. The van der Waals surface area contributed by atoms with Crippen molar-refractivity contribution in [3.63, 3.8) is 0 Å². The monoisotopic (exact) mass is 431 g/mol. The van der Waals surface area contributed by atoms with Gasteiger partial charge in [-0.3, -0.25) is 9.69 Å². The first kappa shape index (κ1) is 22.3. The Kier molecular flexibility index (Phi) is 7.47. The highest BCUT2D eigenvalue weighted by molar-refractivity contribution is 6.30. The van der Waals surface area contributed by atoms with E-state index in [0.717, 1.165) is 50.6 Å². The maximum Gasteiger partial charge on any atom is 0.271 e. The van der Waals surface area contributed by atoms with E-state index >= 15 is 0 Å². The highest BCUT2D eigenvalue weighted by Crippen LogP contribution is 2.25. The molecular weight excluding hydrogens is 402 g/mol. The van der Waals surface area contributed by atoms with Gasteiger partial charge in [0.25, 0.3) is 5.91 Å². The van der Waals surface area contributed by atoms with E-state index in [1.165, 1.54) is 0 Å². The van der Waals surface area contributed by atoms with Crippen molar-refractivity contribution in [1.29, 1.82) is 0 Å². The number of primary amides is 1. The highest BCUT2D eigenvalue weighted by Gasteiger charge is 2.17. The fourth-order valence-electron chi connectivity index (χ4n) is 3.38. The fraction of sp³-hybridized carbons (Fsp3) is 0.476. The summed E-state index contributed by atoms with van der Waals surface area (Å²) in [6.45, 7) is 8.29. The molecule has 1 aliphatic heterocycles. The number of aromatic nitrogens is 2. The van der Waals surface area contributed by atoms with Gasteiger partial charge < -0.3 is 20.9 Å². The smallest absolute Gasteiger partial charge is 0.271 e. The van der Waals surface area contributed by atoms with Crippen LogP contribution in [0.1, 0.15) is 23.1 Å². The van der Waals surface area contributed by atoms with Gasteiger partial charge in [0.05, 0.1) is 5.69 Å². The van der Waals surface area contributed by atoms with E-state index in [-0.39, 0.29) is 16.7 Å². The van der Waals surface area contributed by atoms with Gasteiger partial charge in [0.1, 0.15) is 0 Å². The number of benzene rings is 1. The zero-order valence-electron chi connectivity index (χ0n) is 17.9. The Bertz CT molecular complexity index is 884. The lowest BCUT2D eigenvalue weighted by atomic mass is 10.2. The Morgan fingerprint density at radius 3 is 2.67 bits per heavy atom. The molecule has 0 aliphatic carbocycles. The summed E-state index contributed by atoms with van der Waals surface area (Å²) in [5.74, 6) is -0.376. The Morgan fingerprint density at radius 1 is 1.27 bits per heavy atom. The molecule has 0 unspecified atom stereocenters. The zero-order valence-corrected chi connectivity index (χ0v) is 18.6. The number of likely N-dealkylation sites (N-methyl/N-ethyl adjacent to an activating group) is 2. The molecule has 8 nitrogen and oxygen atoms in total. The maximum absolute atomic E-state index is 11.8. The molecule has 1 aromatic heterocycles. The third-order valence-corrected chi connectivity index (χ3v) is 5.69. The average molecular weight is 432 g/mol. The number of hydrogen-bond acceptors (Lipinski definition) is 7. The van der Waals surface area contributed by atoms with E-state index in [1.807, 2.05) is 25.1 Å². The van der Waals surface area contributed by atoms with E-state index in [0.29, 0.717) is 12.1 Å². The number of anilines is 3. The van der Waals surface area contributed by atoms with Crippen molar-refractivity contribution in [3.05, 3.63) is 40.8 Å². The molecule has 1 amide bonds. The SMILES string of the molecule is CCc1nc(C(N)=O)c(Nc2cccc(N(C)CCN3CCN(C)CC3)c2)nc1Cl. The molecule has 0 saturated carbocycles. The van der Waals surface area contributed by atoms with Gasteiger partial charge in [-0.25, -0.2) is 9.97 Å². The van der Waals surface area contributed by atoms with Crippen LogP contribution in [-0.4, -0.2) is 79.0 Å². The summed E-state index contributed by atoms with van der Waals surface area (Å²) in [5, 5.41) is 3.42. The molecule has 0 bridgehead atoms. The highest BCUT2D eigenvalue weighted by atomic mass is 35.5. The Labute approximate surface area is 183 Å². The lowest BCUT2D eigenvalue weighted by Crippen LogP contribution is -2.46. The predicted molar refractivity (Wildman–Crippen MR) is 122 cm³/mol. The standard InChI is InChI=1S/C21H30ClN7O/c1-4-17-19(22)26-21(18(25-17)20(23)30)24-15-6-5-7-16(14-15)28(3)10-13-29-11-8-27(2)9-12-29/h5-7,14H,4,8-13H2,1-3H3,(H2,23,30)(H,24,26). The summed E-state index contributed by atoms with van der Waals surface area (Å²) >= 11 is 6.20. The minimum absolute atomic E-state index is 0.0880. The van der Waals surface area contributed by atoms with Crippen molar-refractivity contribution in [3.8, 4) is 0 Å². The molecule has 9 heteroatoms. The number of piperazine rings is 1. The van der Waals surface area contributed by atoms with Crippen LogP contribution in [0.5, 0.6) is 0 Å². The van der Waals surface area contributed by atoms with Gasteiger partial charge >= 0.3 is 0 Å². The van der Waals surface area contributed by atoms with Crippen LogP contribution in [0.25, 0.3) is 0 Å². The van der Waals surface area contributed by atoms with Gasteiger partial charge in [0.15, 0.2) is 16.7 Å². The molecular formula is C21H30ClN7O. The molecule has 0 atom stereocenters. The number of carbonyl (C=O) groups is 1. The zero-order chi connectivity index (χ0) is 21.7. The van der Waals surface area contributed by atoms with Crippen LogP contribution >= 0.6 is 11.6 Å². The number of hydrogen-bond donors (Lipinski definition) is 2. The number of carbonyl (C=O) groups excluding carboxylic acids is 1. The van der Waals surface area contributed by atoms with Gasteiger partial charge in [-0.15, -0.1) is 0 Å². The van der Waals surface area contributed by atoms with Gasteiger partial charge in [0, 0.05) is 57.7 Å². The molecule has 1 fully saturated rings. The van der Waals surface area contributed by atoms with Crippen molar-refractivity contribution in [1.82, 2.24) is 19.8 Å². The van der Waals surface area contributed by atoms with E-state index in [1.54, 1.807) is 0 Å². The van der Waals surface area contributed by atoms with Crippen molar-refractivity contribution in [2.24, 2.45) is 5.73 Å². The second-order valence-electron chi connectivity index (χ2n) is 7.62. The summed E-state index contributed by atoms with van der Waals surface area (Å²) in [5.41, 5.74) is 7.99. The molecule has 1 aromatic carbocycles. The molecule has 1 saturated heterocycles. The molecule has 30 heavy (non-hydrogen) atoms. The summed E-state index contributed by atoms with van der Waals surface area (Å²) in [6, 6.07) is 7.94. The summed E-state index contributed by atoms with van der Waals surface area (Å²) in [6.07, 6.45) is 0.569. The number of halogens is 1. The summed E-state index contributed by atoms with van der Waals surface area (Å²) in [4.78, 5) is 27.5. The van der Waals surface area contributed by atoms with Gasteiger partial charge in [-0.05, 0) is 31.7 Å². The lowest BCUT2D eigenvalue weighted by Gasteiger charge is -2.33. The molecule has 3 N–H and O–H groups in total. The number of amides is 1. The van der Waals surface area contributed by atoms with E-state index < -0.39 is 5.91 Å². The summed E-state index contributed by atoms with van der Waals surface area (Å²) < 4.78 is 0. The minimum atomic E-state index is -0.642. The fourth-order valence-corrected chi connectivity index (χ4v) is 3.64. The van der Waals surface area contributed by atoms with E-state index in [4.69, 9.17) is 17.3 Å². The minimum Gasteiger partial charge on any atom is -0.373 e. The van der Waals surface area contributed by atoms with Crippen LogP contribution in [0.4, 0.5) is 17.2 Å². The van der Waals surface area contributed by atoms with Crippen LogP contribution in [0.3, 0.4) is 0 Å². The number of nitrogens with two attached hydrogens (primary N) is 1. The molecule has 162 valence electrons. The molecule has 0 spiro atoms. The van der Waals surface area contributed by atoms with Crippen molar-refractivity contribution >= 4 is 34.7 Å². The maximum atomic E-state index is 11.8. The Morgan fingerprint density at radius 2 is 2.00 bits per heavy atom. The van der Waals surface area contributed by atoms with Gasteiger partial charge in [-0.1, -0.05) is 24.6 Å². The number of nitrogens with zero attached hydrogens (tertiary/aromatic N) is 5. The topological polar surface area (TPSA) is 90.6 Å². The largest absolute Gasteiger partial charge is 0.373 e. The normalized spacial score (nSPS) is 15.2. The first-order valence-electron chi connectivity index (χ1n) is 10.2. The third-order valence-electron chi connectivity index (χ3n) is 5.38. The second-order valence-corrected chi connectivity index (χ2v) is 7.98. The first-order valence-corrected chi connectivity index (χ1v) is 10.6. The van der Waals surface area contributed by atoms with Crippen molar-refractivity contribution in [2.45, 2.75) is 13.3 Å². The van der Waals surface area contributed by atoms with E-state index in [2.05, 4.69) is 50.1 Å². The Hall–Kier alpha value is -2.42. The van der Waals surface area contributed by atoms with Crippen LogP contribution in [0.2, 0.25) is 5.15 Å². The van der Waals surface area contributed by atoms with E-state index in [9.17, 15) is 4.79 Å².